The first-order chi connectivity index (χ1) is 12.9. The summed E-state index contributed by atoms with van der Waals surface area (Å²) >= 11 is 0. The van der Waals surface area contributed by atoms with Crippen LogP contribution in [-0.4, -0.2) is 75.8 Å². The Morgan fingerprint density at radius 2 is 1.96 bits per heavy atom. The summed E-state index contributed by atoms with van der Waals surface area (Å²) in [5.74, 6) is 0.268. The number of H-pyrrole nitrogens is 1. The minimum atomic E-state index is -0.500. The summed E-state index contributed by atoms with van der Waals surface area (Å²) in [5, 5.41) is 0. The summed E-state index contributed by atoms with van der Waals surface area (Å²) in [6.07, 6.45) is 0. The van der Waals surface area contributed by atoms with Crippen molar-refractivity contribution in [3.8, 4) is 0 Å². The van der Waals surface area contributed by atoms with Crippen LogP contribution in [0.15, 0.2) is 9.59 Å². The van der Waals surface area contributed by atoms with Crippen molar-refractivity contribution < 1.29 is 9.53 Å². The first kappa shape index (κ1) is 19.1. The van der Waals surface area contributed by atoms with Gasteiger partial charge in [-0.05, 0) is 6.92 Å². The fraction of sp³-hybridized carbons (Fsp3) is 0.625. The largest absolute Gasteiger partial charge is 0.380 e. The van der Waals surface area contributed by atoms with Crippen LogP contribution in [0.4, 0.5) is 5.95 Å². The number of piperazine rings is 1. The van der Waals surface area contributed by atoms with E-state index >= 15 is 0 Å². The van der Waals surface area contributed by atoms with E-state index in [-0.39, 0.29) is 12.5 Å². The molecule has 0 bridgehead atoms. The van der Waals surface area contributed by atoms with Crippen molar-refractivity contribution in [2.45, 2.75) is 13.5 Å². The molecule has 0 atom stereocenters. The molecule has 1 saturated heterocycles. The fourth-order valence-corrected chi connectivity index (χ4v) is 3.30. The smallest absolute Gasteiger partial charge is 0.329 e. The molecule has 1 aliphatic heterocycles. The molecular weight excluding hydrogens is 354 g/mol. The zero-order valence-corrected chi connectivity index (χ0v) is 15.6. The van der Waals surface area contributed by atoms with Crippen molar-refractivity contribution in [2.24, 2.45) is 12.8 Å². The Hall–Kier alpha value is -2.66. The van der Waals surface area contributed by atoms with Crippen molar-refractivity contribution in [3.05, 3.63) is 20.8 Å². The summed E-state index contributed by atoms with van der Waals surface area (Å²) in [5.41, 5.74) is 5.00. The van der Waals surface area contributed by atoms with Gasteiger partial charge in [0.25, 0.3) is 5.56 Å². The van der Waals surface area contributed by atoms with E-state index in [0.717, 1.165) is 0 Å². The Labute approximate surface area is 155 Å². The predicted octanol–water partition coefficient (Wildman–Crippen LogP) is -1.93. The highest BCUT2D eigenvalue weighted by Crippen LogP contribution is 2.20. The van der Waals surface area contributed by atoms with Gasteiger partial charge in [-0.3, -0.25) is 24.0 Å². The second kappa shape index (κ2) is 7.92. The maximum absolute atomic E-state index is 12.4. The third-order valence-corrected chi connectivity index (χ3v) is 4.68. The number of hydrogen-bond donors (Lipinski definition) is 2. The lowest BCUT2D eigenvalue weighted by molar-refractivity contribution is -0.119. The van der Waals surface area contributed by atoms with E-state index in [1.807, 2.05) is 16.7 Å². The van der Waals surface area contributed by atoms with Crippen LogP contribution in [0.2, 0.25) is 0 Å². The van der Waals surface area contributed by atoms with Crippen molar-refractivity contribution in [3.63, 3.8) is 0 Å². The van der Waals surface area contributed by atoms with Gasteiger partial charge < -0.3 is 19.9 Å². The SMILES string of the molecule is CCOCCn1c(N2CCN(CC(N)=O)CC2)nc2c1c(=O)[nH]c(=O)n2C. The zero-order chi connectivity index (χ0) is 19.6. The molecule has 11 nitrogen and oxygen atoms in total. The number of ether oxygens (including phenoxy) is 1. The van der Waals surface area contributed by atoms with Crippen LogP contribution in [0, 0.1) is 0 Å². The zero-order valence-electron chi connectivity index (χ0n) is 15.6. The number of amides is 1. The van der Waals surface area contributed by atoms with Crippen LogP contribution in [0.3, 0.4) is 0 Å². The highest BCUT2D eigenvalue weighted by Gasteiger charge is 2.25. The number of nitrogens with zero attached hydrogens (tertiary/aromatic N) is 5. The Balaban J connectivity index is 1.96. The Kier molecular flexibility index (Phi) is 5.61. The molecule has 0 saturated carbocycles. The van der Waals surface area contributed by atoms with Crippen molar-refractivity contribution in [2.75, 3.05) is 50.8 Å². The van der Waals surface area contributed by atoms with Gasteiger partial charge in [0.15, 0.2) is 11.2 Å². The Bertz CT molecular complexity index is 937. The molecule has 3 heterocycles. The van der Waals surface area contributed by atoms with E-state index in [1.165, 1.54) is 4.57 Å². The van der Waals surface area contributed by atoms with E-state index < -0.39 is 11.2 Å². The molecule has 3 N–H and O–H groups in total. The van der Waals surface area contributed by atoms with Crippen LogP contribution in [0.25, 0.3) is 11.2 Å². The summed E-state index contributed by atoms with van der Waals surface area (Å²) in [6, 6.07) is 0. The molecule has 2 aromatic rings. The van der Waals surface area contributed by atoms with Crippen LogP contribution in [0.1, 0.15) is 6.92 Å². The molecule has 3 rings (SSSR count). The minimum Gasteiger partial charge on any atom is -0.380 e. The predicted molar refractivity (Wildman–Crippen MR) is 99.9 cm³/mol. The summed E-state index contributed by atoms with van der Waals surface area (Å²) in [4.78, 5) is 46.4. The number of carbonyl (C=O) groups excluding carboxylic acids is 1. The quantitative estimate of drug-likeness (QED) is 0.535. The van der Waals surface area contributed by atoms with Crippen molar-refractivity contribution in [1.29, 1.82) is 0 Å². The molecular formula is C16H25N7O4. The average molecular weight is 379 g/mol. The number of nitrogens with one attached hydrogen (secondary N) is 1. The molecule has 0 spiro atoms. The standard InChI is InChI=1S/C16H25N7O4/c1-3-27-9-8-23-12-13(20(2)16(26)19-14(12)25)18-15(23)22-6-4-21(5-7-22)10-11(17)24/h3-10H2,1-2H3,(H2,17,24)(H,19,25,26). The molecule has 0 aliphatic carbocycles. The summed E-state index contributed by atoms with van der Waals surface area (Å²) in [7, 11) is 1.58. The molecule has 11 heteroatoms. The number of aromatic amines is 1. The molecule has 148 valence electrons. The molecule has 1 amide bonds. The molecule has 0 radical (unpaired) electrons. The van der Waals surface area contributed by atoms with Crippen LogP contribution in [0.5, 0.6) is 0 Å². The number of rotatable bonds is 7. The van der Waals surface area contributed by atoms with Gasteiger partial charge >= 0.3 is 5.69 Å². The van der Waals surface area contributed by atoms with Crippen molar-refractivity contribution >= 4 is 23.0 Å². The minimum absolute atomic E-state index is 0.225. The number of aromatic nitrogens is 4. The summed E-state index contributed by atoms with van der Waals surface area (Å²) in [6.45, 7) is 6.17. The highest BCUT2D eigenvalue weighted by atomic mass is 16.5. The number of aryl methyl sites for hydroxylation is 1. The topological polar surface area (TPSA) is 131 Å². The van der Waals surface area contributed by atoms with Crippen LogP contribution < -0.4 is 21.9 Å². The van der Waals surface area contributed by atoms with Crippen LogP contribution >= 0.6 is 0 Å². The number of nitrogens with two attached hydrogens (primary N) is 1. The number of carbonyl (C=O) groups is 1. The Morgan fingerprint density at radius 1 is 1.26 bits per heavy atom. The lowest BCUT2D eigenvalue weighted by Gasteiger charge is -2.34. The third kappa shape index (κ3) is 3.88. The second-order valence-electron chi connectivity index (χ2n) is 6.48. The number of anilines is 1. The average Bonchev–Trinajstić information content (AvgIpc) is 3.00. The lowest BCUT2D eigenvalue weighted by Crippen LogP contribution is -2.49. The molecule has 0 unspecified atom stereocenters. The lowest BCUT2D eigenvalue weighted by atomic mass is 10.3. The molecule has 2 aromatic heterocycles. The first-order valence-corrected chi connectivity index (χ1v) is 8.95. The second-order valence-corrected chi connectivity index (χ2v) is 6.48. The first-order valence-electron chi connectivity index (χ1n) is 8.95. The van der Waals surface area contributed by atoms with Gasteiger partial charge in [0.1, 0.15) is 0 Å². The van der Waals surface area contributed by atoms with Gasteiger partial charge in [0.05, 0.1) is 13.2 Å². The normalized spacial score (nSPS) is 15.6. The molecule has 0 aromatic carbocycles. The summed E-state index contributed by atoms with van der Waals surface area (Å²) < 4.78 is 8.58. The van der Waals surface area contributed by atoms with Crippen LogP contribution in [-0.2, 0) is 23.1 Å². The van der Waals surface area contributed by atoms with E-state index in [2.05, 4.69) is 9.97 Å². The van der Waals surface area contributed by atoms with E-state index in [0.29, 0.717) is 63.0 Å². The fourth-order valence-electron chi connectivity index (χ4n) is 3.30. The molecule has 1 fully saturated rings. The van der Waals surface area contributed by atoms with Crippen molar-refractivity contribution in [1.82, 2.24) is 24.0 Å². The molecule has 27 heavy (non-hydrogen) atoms. The molecule has 1 aliphatic rings. The van der Waals surface area contributed by atoms with Gasteiger partial charge in [0, 0.05) is 46.4 Å². The van der Waals surface area contributed by atoms with Gasteiger partial charge in [-0.2, -0.15) is 4.98 Å². The number of fused-ring (bicyclic) bond motifs is 1. The maximum Gasteiger partial charge on any atom is 0.329 e. The van der Waals surface area contributed by atoms with Gasteiger partial charge in [0.2, 0.25) is 11.9 Å². The number of imidazole rings is 1. The van der Waals surface area contributed by atoms with Gasteiger partial charge in [-0.25, -0.2) is 4.79 Å². The number of hydrogen-bond acceptors (Lipinski definition) is 7. The maximum atomic E-state index is 12.4. The highest BCUT2D eigenvalue weighted by molar-refractivity contribution is 5.76. The monoisotopic (exact) mass is 379 g/mol. The van der Waals surface area contributed by atoms with Gasteiger partial charge in [-0.15, -0.1) is 0 Å². The third-order valence-electron chi connectivity index (χ3n) is 4.68. The van der Waals surface area contributed by atoms with E-state index in [9.17, 15) is 14.4 Å². The number of primary amides is 1. The Morgan fingerprint density at radius 3 is 2.59 bits per heavy atom. The van der Waals surface area contributed by atoms with E-state index in [1.54, 1.807) is 11.6 Å². The van der Waals surface area contributed by atoms with Gasteiger partial charge in [-0.1, -0.05) is 0 Å². The van der Waals surface area contributed by atoms with E-state index in [4.69, 9.17) is 10.5 Å².